The van der Waals surface area contributed by atoms with Crippen molar-refractivity contribution in [1.29, 1.82) is 0 Å². The van der Waals surface area contributed by atoms with Crippen LogP contribution in [-0.4, -0.2) is 22.4 Å². The van der Waals surface area contributed by atoms with Gasteiger partial charge in [0.15, 0.2) is 11.5 Å². The lowest BCUT2D eigenvalue weighted by atomic mass is 9.64. The van der Waals surface area contributed by atoms with E-state index >= 15 is 0 Å². The Morgan fingerprint density at radius 3 is 2.50 bits per heavy atom. The molecule has 1 heterocycles. The molecule has 3 N–H and O–H groups in total. The number of rotatable bonds is 3. The zero-order valence-electron chi connectivity index (χ0n) is 17.4. The number of hydrogen-bond donors (Lipinski definition) is 3. The Morgan fingerprint density at radius 1 is 1.13 bits per heavy atom. The van der Waals surface area contributed by atoms with Crippen LogP contribution in [0.4, 0.5) is 0 Å². The first kappa shape index (κ1) is 20.1. The maximum Gasteiger partial charge on any atom is 0.204 e. The summed E-state index contributed by atoms with van der Waals surface area (Å²) in [5.41, 5.74) is 1.41. The first-order valence-electron chi connectivity index (χ1n) is 10.0. The third-order valence-corrected chi connectivity index (χ3v) is 6.43. The molecule has 1 fully saturated rings. The number of fused-ring (bicyclic) bond motifs is 2. The third-order valence-electron chi connectivity index (χ3n) is 6.43. The largest absolute Gasteiger partial charge is 0.508 e. The molecular formula is C24H26O6. The van der Waals surface area contributed by atoms with Gasteiger partial charge in [-0.05, 0) is 37.0 Å². The fourth-order valence-corrected chi connectivity index (χ4v) is 4.87. The van der Waals surface area contributed by atoms with Gasteiger partial charge in [-0.2, -0.15) is 0 Å². The number of allylic oxidation sites excluding steroid dienone is 1. The highest BCUT2D eigenvalue weighted by Crippen LogP contribution is 2.47. The minimum Gasteiger partial charge on any atom is -0.508 e. The van der Waals surface area contributed by atoms with E-state index in [9.17, 15) is 20.1 Å². The van der Waals surface area contributed by atoms with Crippen LogP contribution in [0.3, 0.4) is 0 Å². The van der Waals surface area contributed by atoms with Crippen molar-refractivity contribution in [2.75, 3.05) is 7.11 Å². The van der Waals surface area contributed by atoms with Gasteiger partial charge < -0.3 is 24.5 Å². The number of aromatic hydroxyl groups is 3. The standard InChI is InChI=1S/C24H26O6/c1-12-6-5-7-24(2,3)15(12)10-14-20-19(11-17(27)23(14)29-4)30-18-9-13(25)8-16(26)21(18)22(20)28/h8-9,11,15,25-27H,1,5-7,10H2,2-4H3. The Balaban J connectivity index is 2.05. The van der Waals surface area contributed by atoms with Crippen molar-refractivity contribution in [2.24, 2.45) is 11.3 Å². The van der Waals surface area contributed by atoms with Gasteiger partial charge in [-0.3, -0.25) is 4.79 Å². The van der Waals surface area contributed by atoms with Crippen molar-refractivity contribution < 1.29 is 24.5 Å². The van der Waals surface area contributed by atoms with E-state index in [2.05, 4.69) is 20.4 Å². The number of hydrogen-bond acceptors (Lipinski definition) is 6. The molecule has 6 heteroatoms. The van der Waals surface area contributed by atoms with Gasteiger partial charge >= 0.3 is 0 Å². The number of ether oxygens (including phenoxy) is 1. The topological polar surface area (TPSA) is 100 Å². The van der Waals surface area contributed by atoms with Crippen LogP contribution in [0.25, 0.3) is 21.9 Å². The summed E-state index contributed by atoms with van der Waals surface area (Å²) in [6, 6.07) is 3.71. The highest BCUT2D eigenvalue weighted by molar-refractivity contribution is 5.96. The lowest BCUT2D eigenvalue weighted by Gasteiger charge is -2.40. The van der Waals surface area contributed by atoms with E-state index in [1.807, 2.05) is 0 Å². The molecule has 0 spiro atoms. The second-order valence-corrected chi connectivity index (χ2v) is 8.81. The van der Waals surface area contributed by atoms with Crippen LogP contribution in [0.15, 0.2) is 39.6 Å². The number of benzene rings is 2. The van der Waals surface area contributed by atoms with Crippen LogP contribution in [-0.2, 0) is 6.42 Å². The summed E-state index contributed by atoms with van der Waals surface area (Å²) in [6.45, 7) is 8.64. The molecule has 4 rings (SSSR count). The molecule has 1 atom stereocenters. The third kappa shape index (κ3) is 3.07. The molecule has 0 radical (unpaired) electrons. The minimum atomic E-state index is -0.434. The summed E-state index contributed by atoms with van der Waals surface area (Å²) in [7, 11) is 1.45. The van der Waals surface area contributed by atoms with E-state index in [0.717, 1.165) is 30.9 Å². The Hall–Kier alpha value is -3.15. The molecule has 1 aliphatic carbocycles. The van der Waals surface area contributed by atoms with Crippen LogP contribution in [0, 0.1) is 11.3 Å². The smallest absolute Gasteiger partial charge is 0.204 e. The average Bonchev–Trinajstić information content (AvgIpc) is 2.63. The predicted molar refractivity (Wildman–Crippen MR) is 116 cm³/mol. The summed E-state index contributed by atoms with van der Waals surface area (Å²) in [4.78, 5) is 13.4. The number of phenols is 3. The highest BCUT2D eigenvalue weighted by atomic mass is 16.5. The molecular weight excluding hydrogens is 384 g/mol. The summed E-state index contributed by atoms with van der Waals surface area (Å²) >= 11 is 0. The molecule has 6 nitrogen and oxygen atoms in total. The van der Waals surface area contributed by atoms with Crippen LogP contribution in [0.5, 0.6) is 23.0 Å². The molecule has 1 aromatic heterocycles. The summed E-state index contributed by atoms with van der Waals surface area (Å²) in [5.74, 6) is -0.400. The fraction of sp³-hybridized carbons (Fsp3) is 0.375. The minimum absolute atomic E-state index is 0.0176. The first-order valence-corrected chi connectivity index (χ1v) is 10.0. The molecule has 0 aliphatic heterocycles. The quantitative estimate of drug-likeness (QED) is 0.415. The Labute approximate surface area is 174 Å². The Kier molecular flexibility index (Phi) is 4.68. The lowest BCUT2D eigenvalue weighted by Crippen LogP contribution is -2.31. The van der Waals surface area contributed by atoms with E-state index in [-0.39, 0.29) is 56.3 Å². The predicted octanol–water partition coefficient (Wildman–Crippen LogP) is 5.00. The van der Waals surface area contributed by atoms with Gasteiger partial charge in [-0.1, -0.05) is 26.0 Å². The van der Waals surface area contributed by atoms with Crippen molar-refractivity contribution >= 4 is 21.9 Å². The Bertz CT molecular complexity index is 1230. The molecule has 1 saturated carbocycles. The molecule has 1 aliphatic rings. The van der Waals surface area contributed by atoms with E-state index in [4.69, 9.17) is 9.15 Å². The zero-order chi connectivity index (χ0) is 21.8. The molecule has 1 unspecified atom stereocenters. The zero-order valence-corrected chi connectivity index (χ0v) is 17.4. The molecule has 0 bridgehead atoms. The molecule has 0 amide bonds. The van der Waals surface area contributed by atoms with E-state index in [1.54, 1.807) is 0 Å². The maximum absolute atomic E-state index is 13.4. The van der Waals surface area contributed by atoms with Crippen LogP contribution >= 0.6 is 0 Å². The summed E-state index contributed by atoms with van der Waals surface area (Å²) in [6.07, 6.45) is 3.48. The maximum atomic E-state index is 13.4. The summed E-state index contributed by atoms with van der Waals surface area (Å²) in [5, 5.41) is 30.9. The van der Waals surface area contributed by atoms with Gasteiger partial charge in [0.05, 0.1) is 12.5 Å². The van der Waals surface area contributed by atoms with Crippen LogP contribution < -0.4 is 10.2 Å². The van der Waals surface area contributed by atoms with E-state index in [1.165, 1.54) is 19.2 Å². The Morgan fingerprint density at radius 2 is 1.83 bits per heavy atom. The molecule has 0 saturated heterocycles. The molecule has 30 heavy (non-hydrogen) atoms. The highest BCUT2D eigenvalue weighted by Gasteiger charge is 2.36. The SMILES string of the molecule is C=C1CCCC(C)(C)C1Cc1c(OC)c(O)cc2oc3cc(O)cc(O)c3c(=O)c12. The van der Waals surface area contributed by atoms with Gasteiger partial charge in [0.2, 0.25) is 5.43 Å². The van der Waals surface area contributed by atoms with Gasteiger partial charge in [0, 0.05) is 23.8 Å². The second kappa shape index (κ2) is 6.97. The number of phenolic OH excluding ortho intramolecular Hbond substituents is 3. The average molecular weight is 410 g/mol. The van der Waals surface area contributed by atoms with Crippen molar-refractivity contribution in [3.8, 4) is 23.0 Å². The second-order valence-electron chi connectivity index (χ2n) is 8.81. The van der Waals surface area contributed by atoms with Crippen molar-refractivity contribution in [3.05, 3.63) is 46.1 Å². The van der Waals surface area contributed by atoms with Crippen molar-refractivity contribution in [2.45, 2.75) is 39.5 Å². The van der Waals surface area contributed by atoms with E-state index in [0.29, 0.717) is 12.0 Å². The van der Waals surface area contributed by atoms with Crippen LogP contribution in [0.2, 0.25) is 0 Å². The molecule has 2 aromatic carbocycles. The number of methoxy groups -OCH3 is 1. The molecule has 158 valence electrons. The molecule has 3 aromatic rings. The monoisotopic (exact) mass is 410 g/mol. The lowest BCUT2D eigenvalue weighted by molar-refractivity contribution is 0.188. The first-order chi connectivity index (χ1) is 14.1. The van der Waals surface area contributed by atoms with Gasteiger partial charge in [0.1, 0.15) is 28.1 Å². The normalized spacial score (nSPS) is 18.8. The van der Waals surface area contributed by atoms with Crippen molar-refractivity contribution in [1.82, 2.24) is 0 Å². The van der Waals surface area contributed by atoms with E-state index < -0.39 is 5.43 Å². The van der Waals surface area contributed by atoms with Gasteiger partial charge in [-0.15, -0.1) is 0 Å². The van der Waals surface area contributed by atoms with Crippen LogP contribution in [0.1, 0.15) is 38.7 Å². The van der Waals surface area contributed by atoms with Gasteiger partial charge in [0.25, 0.3) is 0 Å². The fourth-order valence-electron chi connectivity index (χ4n) is 4.87. The van der Waals surface area contributed by atoms with Gasteiger partial charge in [-0.25, -0.2) is 0 Å². The van der Waals surface area contributed by atoms with Crippen molar-refractivity contribution in [3.63, 3.8) is 0 Å². The summed E-state index contributed by atoms with van der Waals surface area (Å²) < 4.78 is 11.3.